The fourth-order valence-electron chi connectivity index (χ4n) is 4.40. The van der Waals surface area contributed by atoms with Gasteiger partial charge in [0.2, 0.25) is 0 Å². The summed E-state index contributed by atoms with van der Waals surface area (Å²) in [5.74, 6) is -0.671. The molecule has 3 aromatic carbocycles. The second-order valence-electron chi connectivity index (χ2n) is 8.53. The highest BCUT2D eigenvalue weighted by Crippen LogP contribution is 2.38. The topological polar surface area (TPSA) is 79.9 Å². The highest BCUT2D eigenvalue weighted by molar-refractivity contribution is 6.37. The molecule has 35 heavy (non-hydrogen) atoms. The van der Waals surface area contributed by atoms with E-state index < -0.39 is 5.97 Å². The van der Waals surface area contributed by atoms with Gasteiger partial charge < -0.3 is 20.1 Å². The van der Waals surface area contributed by atoms with Gasteiger partial charge in [0.05, 0.1) is 42.8 Å². The van der Waals surface area contributed by atoms with E-state index in [1.54, 1.807) is 18.2 Å². The molecule has 7 heteroatoms. The normalized spacial score (nSPS) is 16.9. The number of ether oxygens (including phenoxy) is 2. The van der Waals surface area contributed by atoms with Crippen molar-refractivity contribution in [3.8, 4) is 0 Å². The van der Waals surface area contributed by atoms with Crippen LogP contribution < -0.4 is 10.6 Å². The summed E-state index contributed by atoms with van der Waals surface area (Å²) >= 11 is 0. The van der Waals surface area contributed by atoms with E-state index in [-0.39, 0.29) is 5.91 Å². The Balaban J connectivity index is 1.48. The molecule has 2 aliphatic heterocycles. The number of methoxy groups -OCH3 is 1. The zero-order valence-corrected chi connectivity index (χ0v) is 19.5. The summed E-state index contributed by atoms with van der Waals surface area (Å²) in [6.45, 7) is 4.32. The van der Waals surface area contributed by atoms with Crippen molar-refractivity contribution < 1.29 is 19.1 Å². The van der Waals surface area contributed by atoms with Crippen LogP contribution in [-0.2, 0) is 20.8 Å². The first-order valence-corrected chi connectivity index (χ1v) is 11.6. The molecule has 5 rings (SSSR count). The number of nitrogens with one attached hydrogen (secondary N) is 2. The van der Waals surface area contributed by atoms with Gasteiger partial charge >= 0.3 is 5.97 Å². The molecule has 1 fully saturated rings. The molecule has 178 valence electrons. The second-order valence-corrected chi connectivity index (χ2v) is 8.53. The standard InChI is InChI=1S/C28H27N3O4/c1-34-28(33)21-9-12-23-24(17-21)30-27(32)25(23)26(20-5-3-2-4-6-20)29-22-10-7-19(8-11-22)18-31-13-15-35-16-14-31/h2-12,17,29H,13-16,18H2,1H3,(H,30,32)/b26-25-. The molecule has 1 amide bonds. The predicted molar refractivity (Wildman–Crippen MR) is 136 cm³/mol. The lowest BCUT2D eigenvalue weighted by atomic mass is 9.99. The lowest BCUT2D eigenvalue weighted by molar-refractivity contribution is -0.110. The Labute approximate surface area is 204 Å². The van der Waals surface area contributed by atoms with E-state index in [0.29, 0.717) is 22.5 Å². The summed E-state index contributed by atoms with van der Waals surface area (Å²) < 4.78 is 10.3. The Morgan fingerprint density at radius 1 is 1.00 bits per heavy atom. The largest absolute Gasteiger partial charge is 0.465 e. The van der Waals surface area contributed by atoms with Crippen LogP contribution >= 0.6 is 0 Å². The van der Waals surface area contributed by atoms with Gasteiger partial charge in [-0.05, 0) is 35.4 Å². The van der Waals surface area contributed by atoms with Crippen molar-refractivity contribution in [2.75, 3.05) is 44.0 Å². The maximum atomic E-state index is 13.1. The van der Waals surface area contributed by atoms with Crippen LogP contribution in [0.1, 0.15) is 27.0 Å². The van der Waals surface area contributed by atoms with Gasteiger partial charge in [-0.2, -0.15) is 0 Å². The fraction of sp³-hybridized carbons (Fsp3) is 0.214. The lowest BCUT2D eigenvalue weighted by Crippen LogP contribution is -2.35. The first-order chi connectivity index (χ1) is 17.1. The summed E-state index contributed by atoms with van der Waals surface area (Å²) in [7, 11) is 1.34. The average molecular weight is 470 g/mol. The molecule has 0 unspecified atom stereocenters. The van der Waals surface area contributed by atoms with Crippen LogP contribution in [0.25, 0.3) is 11.3 Å². The average Bonchev–Trinajstić information content (AvgIpc) is 3.23. The Morgan fingerprint density at radius 3 is 2.46 bits per heavy atom. The monoisotopic (exact) mass is 469 g/mol. The number of benzene rings is 3. The predicted octanol–water partition coefficient (Wildman–Crippen LogP) is 4.24. The summed E-state index contributed by atoms with van der Waals surface area (Å²) in [4.78, 5) is 27.5. The summed E-state index contributed by atoms with van der Waals surface area (Å²) in [6.07, 6.45) is 0. The molecule has 2 heterocycles. The maximum absolute atomic E-state index is 13.1. The van der Waals surface area contributed by atoms with E-state index >= 15 is 0 Å². The molecule has 7 nitrogen and oxygen atoms in total. The van der Waals surface area contributed by atoms with E-state index in [9.17, 15) is 9.59 Å². The van der Waals surface area contributed by atoms with E-state index in [0.717, 1.165) is 49.7 Å². The minimum absolute atomic E-state index is 0.225. The number of rotatable bonds is 6. The Kier molecular flexibility index (Phi) is 6.61. The molecule has 2 N–H and O–H groups in total. The SMILES string of the molecule is COC(=O)c1ccc2c(c1)NC(=O)/C2=C(\Nc1ccc(CN2CCOCC2)cc1)c1ccccc1. The van der Waals surface area contributed by atoms with Crippen LogP contribution in [0.2, 0.25) is 0 Å². The molecule has 0 aliphatic carbocycles. The Hall–Kier alpha value is -3.94. The van der Waals surface area contributed by atoms with E-state index in [2.05, 4.69) is 27.7 Å². The second kappa shape index (κ2) is 10.1. The van der Waals surface area contributed by atoms with Gasteiger partial charge in [-0.3, -0.25) is 9.69 Å². The first kappa shape index (κ1) is 22.8. The third-order valence-corrected chi connectivity index (χ3v) is 6.23. The number of hydrogen-bond donors (Lipinski definition) is 2. The number of fused-ring (bicyclic) bond motifs is 1. The minimum Gasteiger partial charge on any atom is -0.465 e. The number of anilines is 2. The zero-order valence-electron chi connectivity index (χ0n) is 19.5. The molecule has 0 aromatic heterocycles. The molecule has 0 spiro atoms. The van der Waals surface area contributed by atoms with E-state index in [4.69, 9.17) is 9.47 Å². The number of esters is 1. The molecule has 0 saturated carbocycles. The lowest BCUT2D eigenvalue weighted by Gasteiger charge is -2.26. The number of hydrogen-bond acceptors (Lipinski definition) is 6. The van der Waals surface area contributed by atoms with E-state index in [1.165, 1.54) is 12.7 Å². The van der Waals surface area contributed by atoms with Gasteiger partial charge in [0.1, 0.15) is 0 Å². The number of morpholine rings is 1. The van der Waals surface area contributed by atoms with Crippen molar-refractivity contribution in [2.24, 2.45) is 0 Å². The molecule has 0 atom stereocenters. The van der Waals surface area contributed by atoms with E-state index in [1.807, 2.05) is 42.5 Å². The van der Waals surface area contributed by atoms with Crippen molar-refractivity contribution >= 4 is 34.5 Å². The van der Waals surface area contributed by atoms with Crippen LogP contribution in [0.15, 0.2) is 72.8 Å². The molecule has 0 bridgehead atoms. The summed E-state index contributed by atoms with van der Waals surface area (Å²) in [5.41, 5.74) is 5.94. The third kappa shape index (κ3) is 4.96. The fourth-order valence-corrected chi connectivity index (χ4v) is 4.40. The van der Waals surface area contributed by atoms with Crippen LogP contribution in [0.3, 0.4) is 0 Å². The van der Waals surface area contributed by atoms with Gasteiger partial charge in [0, 0.05) is 30.9 Å². The first-order valence-electron chi connectivity index (χ1n) is 11.6. The molecule has 1 saturated heterocycles. The summed E-state index contributed by atoms with van der Waals surface area (Å²) in [5, 5.41) is 6.38. The van der Waals surface area contributed by atoms with Crippen molar-refractivity contribution in [2.45, 2.75) is 6.54 Å². The van der Waals surface area contributed by atoms with Crippen LogP contribution in [0, 0.1) is 0 Å². The Bertz CT molecular complexity index is 1260. The summed E-state index contributed by atoms with van der Waals surface area (Å²) in [6, 6.07) is 23.2. The van der Waals surface area contributed by atoms with Gasteiger partial charge in [-0.1, -0.05) is 48.5 Å². The van der Waals surface area contributed by atoms with Crippen molar-refractivity contribution in [3.05, 3.63) is 95.1 Å². The molecular weight excluding hydrogens is 442 g/mol. The van der Waals surface area contributed by atoms with Crippen LogP contribution in [0.4, 0.5) is 11.4 Å². The molecular formula is C28H27N3O4. The maximum Gasteiger partial charge on any atom is 0.337 e. The third-order valence-electron chi connectivity index (χ3n) is 6.23. The van der Waals surface area contributed by atoms with Crippen molar-refractivity contribution in [1.29, 1.82) is 0 Å². The number of carbonyl (C=O) groups excluding carboxylic acids is 2. The van der Waals surface area contributed by atoms with Crippen molar-refractivity contribution in [1.82, 2.24) is 4.90 Å². The molecule has 3 aromatic rings. The number of nitrogens with zero attached hydrogens (tertiary/aromatic N) is 1. The molecule has 0 radical (unpaired) electrons. The van der Waals surface area contributed by atoms with Gasteiger partial charge in [0.15, 0.2) is 0 Å². The highest BCUT2D eigenvalue weighted by atomic mass is 16.5. The van der Waals surface area contributed by atoms with Crippen LogP contribution in [-0.4, -0.2) is 50.2 Å². The zero-order chi connectivity index (χ0) is 24.2. The highest BCUT2D eigenvalue weighted by Gasteiger charge is 2.29. The van der Waals surface area contributed by atoms with Crippen LogP contribution in [0.5, 0.6) is 0 Å². The quantitative estimate of drug-likeness (QED) is 0.415. The number of carbonyl (C=O) groups is 2. The smallest absolute Gasteiger partial charge is 0.337 e. The van der Waals surface area contributed by atoms with Gasteiger partial charge in [-0.25, -0.2) is 4.79 Å². The molecule has 2 aliphatic rings. The number of amides is 1. The minimum atomic E-state index is -0.446. The van der Waals surface area contributed by atoms with Gasteiger partial charge in [0.25, 0.3) is 5.91 Å². The Morgan fingerprint density at radius 2 is 1.74 bits per heavy atom. The van der Waals surface area contributed by atoms with Crippen molar-refractivity contribution in [3.63, 3.8) is 0 Å². The van der Waals surface area contributed by atoms with Gasteiger partial charge in [-0.15, -0.1) is 0 Å².